The molecule has 0 spiro atoms. The fourth-order valence-electron chi connectivity index (χ4n) is 2.39. The number of aromatic nitrogens is 1. The Labute approximate surface area is 120 Å². The molecule has 9 heteroatoms. The van der Waals surface area contributed by atoms with Gasteiger partial charge in [-0.15, -0.1) is 0 Å². The molecule has 1 aliphatic heterocycles. The van der Waals surface area contributed by atoms with Crippen LogP contribution >= 0.6 is 0 Å². The number of carbonyl (C=O) groups excluding carboxylic acids is 1. The van der Waals surface area contributed by atoms with Crippen molar-refractivity contribution in [3.05, 3.63) is 18.5 Å². The fraction of sp³-hybridized carbons (Fsp3) is 0.583. The normalized spacial score (nSPS) is 18.0. The minimum Gasteiger partial charge on any atom is -0.350 e. The Morgan fingerprint density at radius 3 is 2.33 bits per heavy atom. The molecule has 0 atom stereocenters. The smallest absolute Gasteiger partial charge is 0.350 e. The van der Waals surface area contributed by atoms with Crippen molar-refractivity contribution in [2.24, 2.45) is 0 Å². The second kappa shape index (κ2) is 5.36. The maximum absolute atomic E-state index is 12.5. The molecule has 1 aromatic heterocycles. The Balaban J connectivity index is 2.14. The molecule has 1 fully saturated rings. The van der Waals surface area contributed by atoms with Gasteiger partial charge >= 0.3 is 5.51 Å². The summed E-state index contributed by atoms with van der Waals surface area (Å²) in [6.45, 7) is 2.49. The highest BCUT2D eigenvalue weighted by Gasteiger charge is 2.47. The number of hydrogen-bond donors (Lipinski definition) is 0. The molecule has 0 aromatic carbocycles. The number of halogens is 3. The van der Waals surface area contributed by atoms with Crippen molar-refractivity contribution in [2.45, 2.75) is 36.2 Å². The van der Waals surface area contributed by atoms with Crippen LogP contribution < -0.4 is 0 Å². The Hall–Kier alpha value is -1.51. The van der Waals surface area contributed by atoms with E-state index in [0.717, 1.165) is 12.3 Å². The van der Waals surface area contributed by atoms with Crippen LogP contribution in [0.3, 0.4) is 0 Å². The second-order valence-electron chi connectivity index (χ2n) is 4.98. The van der Waals surface area contributed by atoms with Crippen molar-refractivity contribution in [3.63, 3.8) is 0 Å². The summed E-state index contributed by atoms with van der Waals surface area (Å²) >= 11 is 0. The molecule has 2 rings (SSSR count). The molecule has 2 heterocycles. The standard InChI is InChI=1S/C12H15F3N2O3S/c1-9(18)16-5-2-10(3-6-16)17-7-4-11(8-17)21(19,20)12(13,14)15/h4,7-8,10H,2-3,5-6H2,1H3. The molecule has 5 nitrogen and oxygen atoms in total. The summed E-state index contributed by atoms with van der Waals surface area (Å²) in [5.41, 5.74) is -5.29. The first kappa shape index (κ1) is 15.9. The number of rotatable bonds is 2. The van der Waals surface area contributed by atoms with Crippen LogP contribution in [0, 0.1) is 0 Å². The van der Waals surface area contributed by atoms with E-state index in [-0.39, 0.29) is 11.9 Å². The van der Waals surface area contributed by atoms with Crippen molar-refractivity contribution >= 4 is 15.7 Å². The SMILES string of the molecule is CC(=O)N1CCC(n2ccc(S(=O)(=O)C(F)(F)F)c2)CC1. The summed E-state index contributed by atoms with van der Waals surface area (Å²) < 4.78 is 61.5. The molecule has 0 N–H and O–H groups in total. The highest BCUT2D eigenvalue weighted by molar-refractivity contribution is 7.92. The van der Waals surface area contributed by atoms with E-state index >= 15 is 0 Å². The average Bonchev–Trinajstić information content (AvgIpc) is 2.87. The summed E-state index contributed by atoms with van der Waals surface area (Å²) in [4.78, 5) is 12.1. The zero-order chi connectivity index (χ0) is 15.8. The van der Waals surface area contributed by atoms with Gasteiger partial charge in [0.15, 0.2) is 0 Å². The van der Waals surface area contributed by atoms with Gasteiger partial charge in [-0.1, -0.05) is 0 Å². The third kappa shape index (κ3) is 3.07. The molecule has 0 saturated carbocycles. The van der Waals surface area contributed by atoms with E-state index in [4.69, 9.17) is 0 Å². The number of amides is 1. The van der Waals surface area contributed by atoms with Gasteiger partial charge in [0.05, 0.1) is 4.90 Å². The number of likely N-dealkylation sites (tertiary alicyclic amines) is 1. The lowest BCUT2D eigenvalue weighted by molar-refractivity contribution is -0.130. The Bertz CT molecular complexity index is 628. The highest BCUT2D eigenvalue weighted by atomic mass is 32.2. The largest absolute Gasteiger partial charge is 0.501 e. The summed E-state index contributed by atoms with van der Waals surface area (Å²) in [6, 6.07) is 0.859. The van der Waals surface area contributed by atoms with Crippen LogP contribution in [0.25, 0.3) is 0 Å². The van der Waals surface area contributed by atoms with Crippen LogP contribution in [0.4, 0.5) is 13.2 Å². The Kier molecular flexibility index (Phi) is 4.05. The van der Waals surface area contributed by atoms with Crippen LogP contribution in [0.2, 0.25) is 0 Å². The third-order valence-corrected chi connectivity index (χ3v) is 5.11. The predicted octanol–water partition coefficient (Wildman–Crippen LogP) is 1.97. The van der Waals surface area contributed by atoms with Gasteiger partial charge in [-0.3, -0.25) is 4.79 Å². The summed E-state index contributed by atoms with van der Waals surface area (Å²) in [7, 11) is -5.30. The molecular formula is C12H15F3N2O3S. The van der Waals surface area contributed by atoms with Gasteiger partial charge < -0.3 is 9.47 Å². The van der Waals surface area contributed by atoms with Crippen LogP contribution in [-0.2, 0) is 14.6 Å². The van der Waals surface area contributed by atoms with Crippen molar-refractivity contribution in [1.82, 2.24) is 9.47 Å². The monoisotopic (exact) mass is 324 g/mol. The summed E-state index contributed by atoms with van der Waals surface area (Å²) in [5, 5.41) is 0. The minimum absolute atomic E-state index is 0.0405. The summed E-state index contributed by atoms with van der Waals surface area (Å²) in [6.07, 6.45) is 3.52. The maximum Gasteiger partial charge on any atom is 0.501 e. The number of hydrogen-bond acceptors (Lipinski definition) is 3. The average molecular weight is 324 g/mol. The molecule has 0 aliphatic carbocycles. The molecule has 1 amide bonds. The zero-order valence-electron chi connectivity index (χ0n) is 11.3. The minimum atomic E-state index is -5.30. The Morgan fingerprint density at radius 1 is 1.29 bits per heavy atom. The highest BCUT2D eigenvalue weighted by Crippen LogP contribution is 2.32. The van der Waals surface area contributed by atoms with E-state index in [2.05, 4.69) is 0 Å². The second-order valence-corrected chi connectivity index (χ2v) is 6.92. The lowest BCUT2D eigenvalue weighted by Gasteiger charge is -2.32. The molecule has 1 aliphatic rings. The van der Waals surface area contributed by atoms with Crippen molar-refractivity contribution in [2.75, 3.05) is 13.1 Å². The van der Waals surface area contributed by atoms with Crippen LogP contribution in [-0.4, -0.2) is 42.4 Å². The van der Waals surface area contributed by atoms with Crippen molar-refractivity contribution in [1.29, 1.82) is 0 Å². The number of sulfone groups is 1. The molecule has 1 aromatic rings. The van der Waals surface area contributed by atoms with Crippen LogP contribution in [0.15, 0.2) is 23.4 Å². The zero-order valence-corrected chi connectivity index (χ0v) is 12.1. The molecule has 0 unspecified atom stereocenters. The molecular weight excluding hydrogens is 309 g/mol. The lowest BCUT2D eigenvalue weighted by atomic mass is 10.1. The van der Waals surface area contributed by atoms with E-state index in [0.29, 0.717) is 25.9 Å². The maximum atomic E-state index is 12.5. The molecule has 21 heavy (non-hydrogen) atoms. The first-order valence-electron chi connectivity index (χ1n) is 6.37. The number of nitrogens with zero attached hydrogens (tertiary/aromatic N) is 2. The topological polar surface area (TPSA) is 59.4 Å². The van der Waals surface area contributed by atoms with Gasteiger partial charge in [0.25, 0.3) is 9.84 Å². The van der Waals surface area contributed by atoms with Gasteiger partial charge in [-0.05, 0) is 18.9 Å². The van der Waals surface area contributed by atoms with Crippen LogP contribution in [0.1, 0.15) is 25.8 Å². The third-order valence-electron chi connectivity index (χ3n) is 3.63. The Morgan fingerprint density at radius 2 is 1.86 bits per heavy atom. The van der Waals surface area contributed by atoms with Gasteiger partial charge in [-0.2, -0.15) is 13.2 Å². The number of carbonyl (C=O) groups is 1. The van der Waals surface area contributed by atoms with E-state index in [1.54, 1.807) is 4.90 Å². The van der Waals surface area contributed by atoms with E-state index in [1.807, 2.05) is 0 Å². The quantitative estimate of drug-likeness (QED) is 0.835. The van der Waals surface area contributed by atoms with Crippen molar-refractivity contribution < 1.29 is 26.4 Å². The molecule has 0 bridgehead atoms. The first-order chi connectivity index (χ1) is 9.63. The first-order valence-corrected chi connectivity index (χ1v) is 7.85. The van der Waals surface area contributed by atoms with Gasteiger partial charge in [-0.25, -0.2) is 8.42 Å². The van der Waals surface area contributed by atoms with Gasteiger partial charge in [0.2, 0.25) is 5.91 Å². The number of alkyl halides is 3. The summed E-state index contributed by atoms with van der Waals surface area (Å²) in [5.74, 6) is -0.0405. The van der Waals surface area contributed by atoms with Crippen LogP contribution in [0.5, 0.6) is 0 Å². The van der Waals surface area contributed by atoms with E-state index < -0.39 is 20.2 Å². The van der Waals surface area contributed by atoms with E-state index in [1.165, 1.54) is 17.7 Å². The van der Waals surface area contributed by atoms with Gasteiger partial charge in [0.1, 0.15) is 0 Å². The van der Waals surface area contributed by atoms with E-state index in [9.17, 15) is 26.4 Å². The van der Waals surface area contributed by atoms with Gasteiger partial charge in [0, 0.05) is 38.4 Å². The number of piperidine rings is 1. The van der Waals surface area contributed by atoms with Crippen molar-refractivity contribution in [3.8, 4) is 0 Å². The predicted molar refractivity (Wildman–Crippen MR) is 68.2 cm³/mol. The fourth-order valence-corrected chi connectivity index (χ4v) is 3.16. The molecule has 0 radical (unpaired) electrons. The molecule has 1 saturated heterocycles. The molecule has 118 valence electrons. The lowest BCUT2D eigenvalue weighted by Crippen LogP contribution is -2.37.